The number of piperazine rings is 1. The third-order valence-corrected chi connectivity index (χ3v) is 4.79. The average Bonchev–Trinajstić information content (AvgIpc) is 2.65. The SMILES string of the molecule is COc1cccc(N2CCN(C(=O)Cc3c(F)cccc3Cl)CC2)c1. The molecular weight excluding hydrogens is 343 g/mol. The van der Waals surface area contributed by atoms with E-state index in [2.05, 4.69) is 4.90 Å². The topological polar surface area (TPSA) is 32.8 Å². The van der Waals surface area contributed by atoms with Crippen molar-refractivity contribution in [2.75, 3.05) is 38.2 Å². The standard InChI is InChI=1S/C19H20ClFN2O2/c1-25-15-5-2-4-14(12-15)22-8-10-23(11-9-22)19(24)13-16-17(20)6-3-7-18(16)21/h2-7,12H,8-11,13H2,1H3. The van der Waals surface area contributed by atoms with E-state index in [0.29, 0.717) is 18.1 Å². The Balaban J connectivity index is 1.61. The van der Waals surface area contributed by atoms with Crippen molar-refractivity contribution < 1.29 is 13.9 Å². The maximum atomic E-state index is 13.9. The summed E-state index contributed by atoms with van der Waals surface area (Å²) in [5, 5.41) is 0.295. The van der Waals surface area contributed by atoms with Crippen LogP contribution in [-0.4, -0.2) is 44.1 Å². The van der Waals surface area contributed by atoms with Gasteiger partial charge in [-0.05, 0) is 24.3 Å². The summed E-state index contributed by atoms with van der Waals surface area (Å²) in [5.74, 6) is 0.276. The number of methoxy groups -OCH3 is 1. The zero-order valence-corrected chi connectivity index (χ0v) is 14.8. The second kappa shape index (κ2) is 7.74. The molecule has 6 heteroatoms. The van der Waals surface area contributed by atoms with Crippen LogP contribution in [-0.2, 0) is 11.2 Å². The van der Waals surface area contributed by atoms with Gasteiger partial charge in [0.2, 0.25) is 5.91 Å². The summed E-state index contributed by atoms with van der Waals surface area (Å²) < 4.78 is 19.1. The normalized spacial score (nSPS) is 14.5. The van der Waals surface area contributed by atoms with E-state index in [0.717, 1.165) is 24.5 Å². The predicted molar refractivity (Wildman–Crippen MR) is 96.9 cm³/mol. The molecule has 1 saturated heterocycles. The van der Waals surface area contributed by atoms with Gasteiger partial charge < -0.3 is 14.5 Å². The van der Waals surface area contributed by atoms with Crippen molar-refractivity contribution >= 4 is 23.2 Å². The van der Waals surface area contributed by atoms with Crippen molar-refractivity contribution in [3.8, 4) is 5.75 Å². The molecule has 25 heavy (non-hydrogen) atoms. The number of ether oxygens (including phenoxy) is 1. The fraction of sp³-hybridized carbons (Fsp3) is 0.316. The number of hydrogen-bond acceptors (Lipinski definition) is 3. The molecule has 0 bridgehead atoms. The molecule has 0 unspecified atom stereocenters. The third-order valence-electron chi connectivity index (χ3n) is 4.44. The molecule has 0 spiro atoms. The van der Waals surface area contributed by atoms with E-state index in [-0.39, 0.29) is 17.9 Å². The first-order valence-electron chi connectivity index (χ1n) is 8.18. The number of amides is 1. The molecule has 1 amide bonds. The largest absolute Gasteiger partial charge is 0.497 e. The van der Waals surface area contributed by atoms with Gasteiger partial charge in [-0.15, -0.1) is 0 Å². The number of anilines is 1. The van der Waals surface area contributed by atoms with E-state index >= 15 is 0 Å². The van der Waals surface area contributed by atoms with Gasteiger partial charge in [-0.1, -0.05) is 23.7 Å². The zero-order valence-electron chi connectivity index (χ0n) is 14.0. The Bertz CT molecular complexity index is 741. The number of halogens is 2. The Kier molecular flexibility index (Phi) is 5.43. The molecule has 0 aliphatic carbocycles. The monoisotopic (exact) mass is 362 g/mol. The molecule has 1 fully saturated rings. The first-order valence-corrected chi connectivity index (χ1v) is 8.56. The van der Waals surface area contributed by atoms with Gasteiger partial charge in [0.25, 0.3) is 0 Å². The highest BCUT2D eigenvalue weighted by molar-refractivity contribution is 6.31. The second-order valence-electron chi connectivity index (χ2n) is 5.95. The van der Waals surface area contributed by atoms with E-state index in [4.69, 9.17) is 16.3 Å². The van der Waals surface area contributed by atoms with Crippen LogP contribution in [0.15, 0.2) is 42.5 Å². The first kappa shape index (κ1) is 17.5. The summed E-state index contributed by atoms with van der Waals surface area (Å²) >= 11 is 6.01. The Labute approximate surface area is 151 Å². The molecule has 1 aliphatic heterocycles. The van der Waals surface area contributed by atoms with Gasteiger partial charge in [0.15, 0.2) is 0 Å². The van der Waals surface area contributed by atoms with E-state index in [9.17, 15) is 9.18 Å². The highest BCUT2D eigenvalue weighted by Crippen LogP contribution is 2.23. The molecule has 3 rings (SSSR count). The minimum atomic E-state index is -0.434. The maximum absolute atomic E-state index is 13.9. The number of carbonyl (C=O) groups excluding carboxylic acids is 1. The molecule has 0 aromatic heterocycles. The maximum Gasteiger partial charge on any atom is 0.227 e. The van der Waals surface area contributed by atoms with Crippen LogP contribution in [0, 0.1) is 5.82 Å². The van der Waals surface area contributed by atoms with E-state index in [1.54, 1.807) is 24.1 Å². The van der Waals surface area contributed by atoms with E-state index in [1.165, 1.54) is 6.07 Å². The molecule has 0 atom stereocenters. The number of nitrogens with zero attached hydrogens (tertiary/aromatic N) is 2. The summed E-state index contributed by atoms with van der Waals surface area (Å²) in [4.78, 5) is 16.5. The van der Waals surface area contributed by atoms with Crippen LogP contribution < -0.4 is 9.64 Å². The molecule has 132 valence electrons. The molecule has 2 aromatic carbocycles. The lowest BCUT2D eigenvalue weighted by Crippen LogP contribution is -2.49. The number of rotatable bonds is 4. The minimum absolute atomic E-state index is 0.00926. The van der Waals surface area contributed by atoms with Crippen LogP contribution in [0.25, 0.3) is 0 Å². The predicted octanol–water partition coefficient (Wildman–Crippen LogP) is 3.38. The highest BCUT2D eigenvalue weighted by Gasteiger charge is 2.23. The van der Waals surface area contributed by atoms with Gasteiger partial charge in [0.1, 0.15) is 11.6 Å². The van der Waals surface area contributed by atoms with Gasteiger partial charge in [-0.2, -0.15) is 0 Å². The first-order chi connectivity index (χ1) is 12.1. The summed E-state index contributed by atoms with van der Waals surface area (Å²) in [6, 6.07) is 12.3. The van der Waals surface area contributed by atoms with Crippen molar-refractivity contribution in [3.05, 3.63) is 58.9 Å². The van der Waals surface area contributed by atoms with Gasteiger partial charge in [-0.25, -0.2) is 4.39 Å². The van der Waals surface area contributed by atoms with Gasteiger partial charge >= 0.3 is 0 Å². The molecular formula is C19H20ClFN2O2. The van der Waals surface area contributed by atoms with Crippen LogP contribution in [0.3, 0.4) is 0 Å². The quantitative estimate of drug-likeness (QED) is 0.836. The summed E-state index contributed by atoms with van der Waals surface area (Å²) in [7, 11) is 1.64. The van der Waals surface area contributed by atoms with Crippen molar-refractivity contribution in [2.24, 2.45) is 0 Å². The Morgan fingerprint density at radius 3 is 2.56 bits per heavy atom. The number of carbonyl (C=O) groups is 1. The number of benzene rings is 2. The Morgan fingerprint density at radius 2 is 1.88 bits per heavy atom. The van der Waals surface area contributed by atoms with Gasteiger partial charge in [0, 0.05) is 48.5 Å². The van der Waals surface area contributed by atoms with E-state index < -0.39 is 5.82 Å². The van der Waals surface area contributed by atoms with Crippen LogP contribution in [0.5, 0.6) is 5.75 Å². The third kappa shape index (κ3) is 4.04. The lowest BCUT2D eigenvalue weighted by Gasteiger charge is -2.36. The van der Waals surface area contributed by atoms with Gasteiger partial charge in [-0.3, -0.25) is 4.79 Å². The van der Waals surface area contributed by atoms with Crippen molar-refractivity contribution in [3.63, 3.8) is 0 Å². The highest BCUT2D eigenvalue weighted by atomic mass is 35.5. The second-order valence-corrected chi connectivity index (χ2v) is 6.35. The molecule has 0 saturated carbocycles. The van der Waals surface area contributed by atoms with Crippen molar-refractivity contribution in [1.29, 1.82) is 0 Å². The molecule has 1 aliphatic rings. The molecule has 1 heterocycles. The smallest absolute Gasteiger partial charge is 0.227 e. The fourth-order valence-electron chi connectivity index (χ4n) is 2.99. The van der Waals surface area contributed by atoms with Crippen LogP contribution >= 0.6 is 11.6 Å². The average molecular weight is 363 g/mol. The number of hydrogen-bond donors (Lipinski definition) is 0. The van der Waals surface area contributed by atoms with Crippen molar-refractivity contribution in [1.82, 2.24) is 4.90 Å². The summed E-state index contributed by atoms with van der Waals surface area (Å²) in [6.45, 7) is 2.65. The van der Waals surface area contributed by atoms with Gasteiger partial charge in [0.05, 0.1) is 13.5 Å². The zero-order chi connectivity index (χ0) is 17.8. The minimum Gasteiger partial charge on any atom is -0.497 e. The van der Waals surface area contributed by atoms with E-state index in [1.807, 2.05) is 24.3 Å². The Morgan fingerprint density at radius 1 is 1.16 bits per heavy atom. The summed E-state index contributed by atoms with van der Waals surface area (Å²) in [5.41, 5.74) is 1.34. The van der Waals surface area contributed by atoms with Crippen LogP contribution in [0.2, 0.25) is 5.02 Å². The Hall–Kier alpha value is -2.27. The summed E-state index contributed by atoms with van der Waals surface area (Å²) in [6.07, 6.45) is -0.00926. The van der Waals surface area contributed by atoms with Crippen LogP contribution in [0.1, 0.15) is 5.56 Å². The lowest BCUT2D eigenvalue weighted by molar-refractivity contribution is -0.130. The molecule has 2 aromatic rings. The fourth-order valence-corrected chi connectivity index (χ4v) is 3.22. The van der Waals surface area contributed by atoms with Crippen LogP contribution in [0.4, 0.5) is 10.1 Å². The molecule has 4 nitrogen and oxygen atoms in total. The lowest BCUT2D eigenvalue weighted by atomic mass is 10.1. The molecule has 0 radical (unpaired) electrons. The molecule has 0 N–H and O–H groups in total. The van der Waals surface area contributed by atoms with Crippen molar-refractivity contribution in [2.45, 2.75) is 6.42 Å².